The Morgan fingerprint density at radius 3 is 2.24 bits per heavy atom. The van der Waals surface area contributed by atoms with Crippen molar-refractivity contribution in [2.24, 2.45) is 5.73 Å². The van der Waals surface area contributed by atoms with Gasteiger partial charge in [0, 0.05) is 24.1 Å². The van der Waals surface area contributed by atoms with E-state index in [1.807, 2.05) is 0 Å². The maximum atomic E-state index is 12.9. The molecule has 1 aliphatic rings. The second-order valence-corrected chi connectivity index (χ2v) is 8.01. The van der Waals surface area contributed by atoms with Gasteiger partial charge in [-0.2, -0.15) is 0 Å². The molecule has 0 aromatic heterocycles. The highest BCUT2D eigenvalue weighted by molar-refractivity contribution is 7.92. The minimum Gasteiger partial charge on any atom is -0.495 e. The smallest absolute Gasteiger partial charge is 0.265 e. The Labute approximate surface area is 167 Å². The number of rotatable bonds is 6. The zero-order valence-corrected chi connectivity index (χ0v) is 16.4. The molecular formula is C19H19N3O6S. The number of hydrogen-bond acceptors (Lipinski definition) is 6. The van der Waals surface area contributed by atoms with Gasteiger partial charge in [-0.3, -0.25) is 24.0 Å². The first-order chi connectivity index (χ1) is 13.7. The molecule has 29 heavy (non-hydrogen) atoms. The number of amides is 3. The van der Waals surface area contributed by atoms with Gasteiger partial charge in [0.25, 0.3) is 10.0 Å². The Hall–Kier alpha value is -3.40. The van der Waals surface area contributed by atoms with Crippen molar-refractivity contribution < 1.29 is 27.5 Å². The van der Waals surface area contributed by atoms with E-state index in [0.717, 1.165) is 4.90 Å². The van der Waals surface area contributed by atoms with Gasteiger partial charge in [-0.05, 0) is 48.9 Å². The van der Waals surface area contributed by atoms with E-state index in [1.165, 1.54) is 49.6 Å². The number of benzene rings is 2. The number of imide groups is 1. The molecule has 1 heterocycles. The highest BCUT2D eigenvalue weighted by Crippen LogP contribution is 2.32. The third-order valence-electron chi connectivity index (χ3n) is 4.40. The Bertz CT molecular complexity index is 1060. The van der Waals surface area contributed by atoms with Crippen LogP contribution in [0.2, 0.25) is 0 Å². The Morgan fingerprint density at radius 2 is 1.69 bits per heavy atom. The molecule has 3 N–H and O–H groups in total. The Balaban J connectivity index is 1.98. The molecule has 0 spiro atoms. The van der Waals surface area contributed by atoms with E-state index in [2.05, 4.69) is 4.72 Å². The van der Waals surface area contributed by atoms with Crippen molar-refractivity contribution in [3.8, 4) is 5.75 Å². The topological polar surface area (TPSA) is 136 Å². The number of nitrogens with two attached hydrogens (primary N) is 1. The van der Waals surface area contributed by atoms with Crippen molar-refractivity contribution >= 4 is 39.1 Å². The van der Waals surface area contributed by atoms with Crippen LogP contribution >= 0.6 is 0 Å². The average molecular weight is 417 g/mol. The lowest BCUT2D eigenvalue weighted by atomic mass is 10.1. The third kappa shape index (κ3) is 4.21. The van der Waals surface area contributed by atoms with E-state index in [9.17, 15) is 22.8 Å². The highest BCUT2D eigenvalue weighted by atomic mass is 32.2. The fraction of sp³-hybridized carbons (Fsp3) is 0.211. The zero-order valence-electron chi connectivity index (χ0n) is 15.5. The summed E-state index contributed by atoms with van der Waals surface area (Å²) in [5.41, 5.74) is 5.77. The van der Waals surface area contributed by atoms with Crippen molar-refractivity contribution in [3.63, 3.8) is 0 Å². The molecule has 3 amide bonds. The van der Waals surface area contributed by atoms with Gasteiger partial charge < -0.3 is 10.5 Å². The summed E-state index contributed by atoms with van der Waals surface area (Å²) in [6.45, 7) is 0. The molecule has 0 saturated carbocycles. The number of piperidine rings is 1. The first kappa shape index (κ1) is 20.3. The van der Waals surface area contributed by atoms with Gasteiger partial charge in [0.2, 0.25) is 17.7 Å². The second-order valence-electron chi connectivity index (χ2n) is 6.36. The summed E-state index contributed by atoms with van der Waals surface area (Å²) in [5.74, 6) is -1.36. The summed E-state index contributed by atoms with van der Waals surface area (Å²) in [6.07, 6.45) is 0.896. The Kier molecular flexibility index (Phi) is 5.55. The number of nitrogens with zero attached hydrogens (tertiary/aromatic N) is 1. The summed E-state index contributed by atoms with van der Waals surface area (Å²) in [4.78, 5) is 36.2. The fourth-order valence-electron chi connectivity index (χ4n) is 2.97. The number of nitrogens with one attached hydrogen (secondary N) is 1. The molecule has 152 valence electrons. The van der Waals surface area contributed by atoms with Crippen LogP contribution in [0.1, 0.15) is 29.6 Å². The van der Waals surface area contributed by atoms with Gasteiger partial charge >= 0.3 is 0 Å². The minimum atomic E-state index is -4.13. The number of ether oxygens (including phenoxy) is 1. The summed E-state index contributed by atoms with van der Waals surface area (Å²) in [6, 6.07) is 9.63. The van der Waals surface area contributed by atoms with Crippen LogP contribution in [0.5, 0.6) is 5.75 Å². The van der Waals surface area contributed by atoms with Gasteiger partial charge in [0.15, 0.2) is 0 Å². The van der Waals surface area contributed by atoms with E-state index >= 15 is 0 Å². The summed E-state index contributed by atoms with van der Waals surface area (Å²) in [7, 11) is -2.81. The van der Waals surface area contributed by atoms with Gasteiger partial charge in [-0.25, -0.2) is 8.42 Å². The normalized spacial score (nSPS) is 14.6. The minimum absolute atomic E-state index is 0.0481. The molecule has 0 aliphatic carbocycles. The first-order valence-electron chi connectivity index (χ1n) is 8.69. The van der Waals surface area contributed by atoms with Gasteiger partial charge in [-0.15, -0.1) is 0 Å². The standard InChI is InChI=1S/C19H19N3O6S/c1-28-15-10-9-14(22-17(23)3-2-4-18(22)24)11-16(15)29(26,27)21-13-7-5-12(6-8-13)19(20)25/h5-11,21H,2-4H2,1H3,(H2,20,25). The summed E-state index contributed by atoms with van der Waals surface area (Å²) < 4.78 is 33.4. The van der Waals surface area contributed by atoms with E-state index in [4.69, 9.17) is 10.5 Å². The number of primary amides is 1. The molecule has 0 radical (unpaired) electrons. The maximum absolute atomic E-state index is 12.9. The van der Waals surface area contributed by atoms with Crippen LogP contribution in [0.15, 0.2) is 47.4 Å². The Morgan fingerprint density at radius 1 is 1.07 bits per heavy atom. The largest absolute Gasteiger partial charge is 0.495 e. The predicted molar refractivity (Wildman–Crippen MR) is 105 cm³/mol. The van der Waals surface area contributed by atoms with Crippen LogP contribution in [0.4, 0.5) is 11.4 Å². The van der Waals surface area contributed by atoms with Crippen LogP contribution < -0.4 is 20.1 Å². The molecule has 2 aromatic carbocycles. The highest BCUT2D eigenvalue weighted by Gasteiger charge is 2.29. The van der Waals surface area contributed by atoms with Crippen molar-refractivity contribution in [2.75, 3.05) is 16.7 Å². The second kappa shape index (κ2) is 7.92. The van der Waals surface area contributed by atoms with E-state index in [0.29, 0.717) is 6.42 Å². The van der Waals surface area contributed by atoms with Crippen LogP contribution in [0.25, 0.3) is 0 Å². The summed E-state index contributed by atoms with van der Waals surface area (Å²) >= 11 is 0. The molecular weight excluding hydrogens is 398 g/mol. The van der Waals surface area contributed by atoms with Crippen molar-refractivity contribution in [3.05, 3.63) is 48.0 Å². The monoisotopic (exact) mass is 417 g/mol. The number of sulfonamides is 1. The van der Waals surface area contributed by atoms with E-state index < -0.39 is 15.9 Å². The van der Waals surface area contributed by atoms with Crippen LogP contribution in [-0.2, 0) is 19.6 Å². The molecule has 1 fully saturated rings. The zero-order chi connectivity index (χ0) is 21.2. The van der Waals surface area contributed by atoms with Gasteiger partial charge in [0.05, 0.1) is 12.8 Å². The van der Waals surface area contributed by atoms with Crippen molar-refractivity contribution in [1.29, 1.82) is 0 Å². The predicted octanol–water partition coefficient (Wildman–Crippen LogP) is 1.64. The molecule has 9 nitrogen and oxygen atoms in total. The molecule has 0 bridgehead atoms. The summed E-state index contributed by atoms with van der Waals surface area (Å²) in [5, 5.41) is 0. The molecule has 3 rings (SSSR count). The number of carbonyl (C=O) groups excluding carboxylic acids is 3. The lowest BCUT2D eigenvalue weighted by Gasteiger charge is -2.25. The number of methoxy groups -OCH3 is 1. The lowest BCUT2D eigenvalue weighted by Crippen LogP contribution is -2.40. The van der Waals surface area contributed by atoms with Crippen LogP contribution in [0.3, 0.4) is 0 Å². The van der Waals surface area contributed by atoms with Gasteiger partial charge in [-0.1, -0.05) is 0 Å². The van der Waals surface area contributed by atoms with Crippen LogP contribution in [0, 0.1) is 0 Å². The quantitative estimate of drug-likeness (QED) is 0.686. The lowest BCUT2D eigenvalue weighted by molar-refractivity contribution is -0.129. The SMILES string of the molecule is COc1ccc(N2C(=O)CCCC2=O)cc1S(=O)(=O)Nc1ccc(C(N)=O)cc1. The third-order valence-corrected chi connectivity index (χ3v) is 5.80. The van der Waals surface area contributed by atoms with E-state index in [1.54, 1.807) is 0 Å². The van der Waals surface area contributed by atoms with Crippen molar-refractivity contribution in [2.45, 2.75) is 24.2 Å². The van der Waals surface area contributed by atoms with Crippen LogP contribution in [-0.4, -0.2) is 33.2 Å². The number of carbonyl (C=O) groups is 3. The molecule has 0 atom stereocenters. The maximum Gasteiger partial charge on any atom is 0.265 e. The van der Waals surface area contributed by atoms with E-state index in [-0.39, 0.29) is 52.2 Å². The molecule has 2 aromatic rings. The molecule has 10 heteroatoms. The number of anilines is 2. The molecule has 1 saturated heterocycles. The first-order valence-corrected chi connectivity index (χ1v) is 10.2. The van der Waals surface area contributed by atoms with Gasteiger partial charge in [0.1, 0.15) is 10.6 Å². The molecule has 1 aliphatic heterocycles. The van der Waals surface area contributed by atoms with Crippen molar-refractivity contribution in [1.82, 2.24) is 0 Å². The number of hydrogen-bond donors (Lipinski definition) is 2. The fourth-order valence-corrected chi connectivity index (χ4v) is 4.22. The average Bonchev–Trinajstić information content (AvgIpc) is 2.68. The molecule has 0 unspecified atom stereocenters.